The number of nitrogens with two attached hydrogens (primary N) is 1. The SMILES string of the molecule is NC(=O)NN=Cc1cc(Br)cc(OC(F)(F)F)c1. The first kappa shape index (κ1) is 14.3. The lowest BCUT2D eigenvalue weighted by Crippen LogP contribution is -2.24. The van der Waals surface area contributed by atoms with Crippen molar-refractivity contribution in [3.63, 3.8) is 0 Å². The second-order valence-electron chi connectivity index (χ2n) is 3.00. The lowest BCUT2D eigenvalue weighted by molar-refractivity contribution is -0.274. The Morgan fingerprint density at radius 2 is 2.11 bits per heavy atom. The third-order valence-electron chi connectivity index (χ3n) is 1.52. The zero-order chi connectivity index (χ0) is 13.8. The molecule has 2 amide bonds. The predicted molar refractivity (Wildman–Crippen MR) is 61.1 cm³/mol. The van der Waals surface area contributed by atoms with E-state index in [1.54, 1.807) is 0 Å². The van der Waals surface area contributed by atoms with Crippen molar-refractivity contribution in [2.75, 3.05) is 0 Å². The van der Waals surface area contributed by atoms with Crippen LogP contribution in [0, 0.1) is 0 Å². The van der Waals surface area contributed by atoms with Crippen LogP contribution in [-0.4, -0.2) is 18.6 Å². The van der Waals surface area contributed by atoms with Crippen LogP contribution in [0.2, 0.25) is 0 Å². The second kappa shape index (κ2) is 5.71. The Morgan fingerprint density at radius 3 is 2.67 bits per heavy atom. The first-order chi connectivity index (χ1) is 8.26. The van der Waals surface area contributed by atoms with Gasteiger partial charge in [0.05, 0.1) is 6.21 Å². The summed E-state index contributed by atoms with van der Waals surface area (Å²) in [6, 6.07) is 2.85. The maximum Gasteiger partial charge on any atom is 0.573 e. The van der Waals surface area contributed by atoms with Gasteiger partial charge in [0.15, 0.2) is 0 Å². The van der Waals surface area contributed by atoms with Crippen LogP contribution >= 0.6 is 15.9 Å². The number of hydrogen-bond donors (Lipinski definition) is 2. The minimum Gasteiger partial charge on any atom is -0.406 e. The number of nitrogens with one attached hydrogen (secondary N) is 1. The number of hydrazone groups is 1. The van der Waals surface area contributed by atoms with Gasteiger partial charge in [-0.15, -0.1) is 13.2 Å². The van der Waals surface area contributed by atoms with Gasteiger partial charge in [-0.25, -0.2) is 10.2 Å². The fourth-order valence-corrected chi connectivity index (χ4v) is 1.51. The Bertz CT molecular complexity index is 477. The third kappa shape index (κ3) is 5.53. The molecule has 0 atom stereocenters. The average Bonchev–Trinajstić information content (AvgIpc) is 2.12. The number of halogens is 4. The normalized spacial score (nSPS) is 11.6. The number of carbonyl (C=O) groups excluding carboxylic acids is 1. The average molecular weight is 326 g/mol. The molecule has 0 aliphatic carbocycles. The highest BCUT2D eigenvalue weighted by molar-refractivity contribution is 9.10. The van der Waals surface area contributed by atoms with Gasteiger partial charge in [-0.05, 0) is 23.8 Å². The number of alkyl halides is 3. The molecule has 1 rings (SSSR count). The highest BCUT2D eigenvalue weighted by atomic mass is 79.9. The van der Waals surface area contributed by atoms with Gasteiger partial charge in [0.1, 0.15) is 5.75 Å². The summed E-state index contributed by atoms with van der Waals surface area (Å²) >= 11 is 3.02. The summed E-state index contributed by atoms with van der Waals surface area (Å²) in [5, 5.41) is 3.41. The Labute approximate surface area is 108 Å². The molecular weight excluding hydrogens is 319 g/mol. The third-order valence-corrected chi connectivity index (χ3v) is 1.97. The topological polar surface area (TPSA) is 76.7 Å². The van der Waals surface area contributed by atoms with Crippen LogP contribution in [0.3, 0.4) is 0 Å². The van der Waals surface area contributed by atoms with Gasteiger partial charge in [0, 0.05) is 4.47 Å². The van der Waals surface area contributed by atoms with E-state index >= 15 is 0 Å². The molecule has 0 bridgehead atoms. The number of hydrogen-bond acceptors (Lipinski definition) is 3. The number of primary amides is 1. The molecule has 0 unspecified atom stereocenters. The summed E-state index contributed by atoms with van der Waals surface area (Å²) in [5.41, 5.74) is 6.95. The number of urea groups is 1. The van der Waals surface area contributed by atoms with Crippen molar-refractivity contribution < 1.29 is 22.7 Å². The summed E-state index contributed by atoms with van der Waals surface area (Å²) in [6.07, 6.45) is -3.65. The predicted octanol–water partition coefficient (Wildman–Crippen LogP) is 2.35. The fourth-order valence-electron chi connectivity index (χ4n) is 1.02. The van der Waals surface area contributed by atoms with E-state index < -0.39 is 18.1 Å². The van der Waals surface area contributed by atoms with Gasteiger partial charge in [0.25, 0.3) is 0 Å². The zero-order valence-corrected chi connectivity index (χ0v) is 10.2. The van der Waals surface area contributed by atoms with Gasteiger partial charge in [-0.1, -0.05) is 15.9 Å². The van der Waals surface area contributed by atoms with Gasteiger partial charge in [-0.3, -0.25) is 0 Å². The number of ether oxygens (including phenoxy) is 1. The highest BCUT2D eigenvalue weighted by Crippen LogP contribution is 2.26. The highest BCUT2D eigenvalue weighted by Gasteiger charge is 2.31. The number of amides is 2. The van der Waals surface area contributed by atoms with E-state index in [1.165, 1.54) is 6.07 Å². The zero-order valence-electron chi connectivity index (χ0n) is 8.66. The molecule has 3 N–H and O–H groups in total. The standard InChI is InChI=1S/C9H7BrF3N3O2/c10-6-1-5(4-15-16-8(14)17)2-7(3-6)18-9(11,12)13/h1-4H,(H3,14,16,17). The van der Waals surface area contributed by atoms with Crippen LogP contribution in [0.4, 0.5) is 18.0 Å². The second-order valence-corrected chi connectivity index (χ2v) is 3.92. The van der Waals surface area contributed by atoms with Crippen molar-refractivity contribution in [2.24, 2.45) is 10.8 Å². The monoisotopic (exact) mass is 325 g/mol. The van der Waals surface area contributed by atoms with E-state index in [-0.39, 0.29) is 5.56 Å². The van der Waals surface area contributed by atoms with Crippen LogP contribution < -0.4 is 15.9 Å². The van der Waals surface area contributed by atoms with Gasteiger partial charge < -0.3 is 10.5 Å². The molecule has 0 aromatic heterocycles. The summed E-state index contributed by atoms with van der Waals surface area (Å²) in [6.45, 7) is 0. The molecule has 0 saturated heterocycles. The molecule has 9 heteroatoms. The van der Waals surface area contributed by atoms with Crippen LogP contribution in [0.5, 0.6) is 5.75 Å². The number of nitrogens with zero attached hydrogens (tertiary/aromatic N) is 1. The first-order valence-electron chi connectivity index (χ1n) is 4.41. The van der Waals surface area contributed by atoms with E-state index in [9.17, 15) is 18.0 Å². The molecule has 1 aromatic rings. The van der Waals surface area contributed by atoms with Crippen LogP contribution in [0.1, 0.15) is 5.56 Å². The largest absolute Gasteiger partial charge is 0.573 e. The van der Waals surface area contributed by atoms with Crippen LogP contribution in [0.15, 0.2) is 27.8 Å². The van der Waals surface area contributed by atoms with Crippen molar-refractivity contribution in [1.29, 1.82) is 0 Å². The molecule has 0 radical (unpaired) electrons. The molecule has 1 aromatic carbocycles. The molecule has 98 valence electrons. The fraction of sp³-hybridized carbons (Fsp3) is 0.111. The molecule has 0 spiro atoms. The van der Waals surface area contributed by atoms with Gasteiger partial charge in [-0.2, -0.15) is 5.10 Å². The molecule has 5 nitrogen and oxygen atoms in total. The minimum atomic E-state index is -4.78. The molecular formula is C9H7BrF3N3O2. The van der Waals surface area contributed by atoms with E-state index in [4.69, 9.17) is 5.73 Å². The number of carbonyl (C=O) groups is 1. The summed E-state index contributed by atoms with van der Waals surface area (Å²) < 4.78 is 40.2. The summed E-state index contributed by atoms with van der Waals surface area (Å²) in [5.74, 6) is -0.405. The summed E-state index contributed by atoms with van der Waals surface area (Å²) in [7, 11) is 0. The van der Waals surface area contributed by atoms with Crippen molar-refractivity contribution in [3.8, 4) is 5.75 Å². The Morgan fingerprint density at radius 1 is 1.44 bits per heavy atom. The van der Waals surface area contributed by atoms with E-state index in [1.807, 2.05) is 5.43 Å². The van der Waals surface area contributed by atoms with Crippen molar-refractivity contribution in [3.05, 3.63) is 28.2 Å². The molecule has 0 aliphatic rings. The summed E-state index contributed by atoms with van der Waals surface area (Å²) in [4.78, 5) is 10.3. The van der Waals surface area contributed by atoms with E-state index in [0.29, 0.717) is 4.47 Å². The smallest absolute Gasteiger partial charge is 0.406 e. The van der Waals surface area contributed by atoms with Crippen LogP contribution in [-0.2, 0) is 0 Å². The number of benzene rings is 1. The van der Waals surface area contributed by atoms with Crippen molar-refractivity contribution >= 4 is 28.2 Å². The molecule has 18 heavy (non-hydrogen) atoms. The Hall–Kier alpha value is -1.77. The van der Waals surface area contributed by atoms with Crippen LogP contribution in [0.25, 0.3) is 0 Å². The lowest BCUT2D eigenvalue weighted by Gasteiger charge is -2.09. The molecule has 0 saturated carbocycles. The van der Waals surface area contributed by atoms with Crippen molar-refractivity contribution in [1.82, 2.24) is 5.43 Å². The Balaban J connectivity index is 2.87. The maximum absolute atomic E-state index is 12.0. The maximum atomic E-state index is 12.0. The minimum absolute atomic E-state index is 0.289. The van der Waals surface area contributed by atoms with Gasteiger partial charge in [0.2, 0.25) is 0 Å². The molecule has 0 heterocycles. The quantitative estimate of drug-likeness (QED) is 0.661. The van der Waals surface area contributed by atoms with E-state index in [2.05, 4.69) is 25.8 Å². The first-order valence-corrected chi connectivity index (χ1v) is 5.20. The van der Waals surface area contributed by atoms with E-state index in [0.717, 1.165) is 18.3 Å². The number of rotatable bonds is 3. The molecule has 0 aliphatic heterocycles. The lowest BCUT2D eigenvalue weighted by atomic mass is 10.2. The van der Waals surface area contributed by atoms with Gasteiger partial charge >= 0.3 is 12.4 Å². The molecule has 0 fully saturated rings. The van der Waals surface area contributed by atoms with Crippen molar-refractivity contribution in [2.45, 2.75) is 6.36 Å². The Kier molecular flexibility index (Phi) is 4.54.